The highest BCUT2D eigenvalue weighted by atomic mass is 16.4. The molecule has 2 rings (SSSR count). The van der Waals surface area contributed by atoms with Gasteiger partial charge in [-0.05, 0) is 44.9 Å². The predicted molar refractivity (Wildman–Crippen MR) is 72.7 cm³/mol. The van der Waals surface area contributed by atoms with E-state index in [1.165, 1.54) is 6.42 Å². The van der Waals surface area contributed by atoms with E-state index in [-0.39, 0.29) is 17.7 Å². The third-order valence-electron chi connectivity index (χ3n) is 4.66. The number of nitrogens with zero attached hydrogens (tertiary/aromatic N) is 1. The number of carbonyl (C=O) groups is 2. The van der Waals surface area contributed by atoms with Gasteiger partial charge in [-0.15, -0.1) is 0 Å². The molecule has 1 saturated heterocycles. The lowest BCUT2D eigenvalue weighted by Gasteiger charge is -2.37. The van der Waals surface area contributed by atoms with Gasteiger partial charge >= 0.3 is 5.97 Å². The minimum absolute atomic E-state index is 0.0430. The van der Waals surface area contributed by atoms with Gasteiger partial charge in [0.15, 0.2) is 0 Å². The van der Waals surface area contributed by atoms with Gasteiger partial charge in [-0.1, -0.05) is 13.3 Å². The second kappa shape index (κ2) is 6.40. The summed E-state index contributed by atoms with van der Waals surface area (Å²) in [5.74, 6) is -0.858. The Morgan fingerprint density at radius 2 is 1.89 bits per heavy atom. The molecule has 1 N–H and O–H groups in total. The first-order valence-corrected chi connectivity index (χ1v) is 7.66. The Bertz CT molecular complexity index is 340. The van der Waals surface area contributed by atoms with Gasteiger partial charge in [0, 0.05) is 18.5 Å². The average Bonchev–Trinajstić information content (AvgIpc) is 2.89. The Balaban J connectivity index is 1.96. The maximum absolute atomic E-state index is 12.6. The Hall–Kier alpha value is -1.06. The summed E-state index contributed by atoms with van der Waals surface area (Å²) in [5, 5.41) is 9.03. The number of amides is 1. The second-order valence-electron chi connectivity index (χ2n) is 6.02. The minimum Gasteiger partial charge on any atom is -0.481 e. The molecule has 4 heteroatoms. The van der Waals surface area contributed by atoms with Crippen LogP contribution in [0.15, 0.2) is 0 Å². The molecule has 0 aromatic carbocycles. The third-order valence-corrected chi connectivity index (χ3v) is 4.66. The minimum atomic E-state index is -0.737. The Labute approximate surface area is 115 Å². The molecule has 0 bridgehead atoms. The number of carbonyl (C=O) groups excluding carboxylic acids is 1. The molecule has 2 fully saturated rings. The van der Waals surface area contributed by atoms with E-state index in [2.05, 4.69) is 11.8 Å². The Morgan fingerprint density at radius 3 is 2.53 bits per heavy atom. The van der Waals surface area contributed by atoms with E-state index in [1.807, 2.05) is 0 Å². The first-order valence-electron chi connectivity index (χ1n) is 7.66. The molecule has 108 valence electrons. The highest BCUT2D eigenvalue weighted by Gasteiger charge is 2.37. The topological polar surface area (TPSA) is 57.6 Å². The number of likely N-dealkylation sites (tertiary alicyclic amines) is 1. The maximum Gasteiger partial charge on any atom is 0.306 e. The van der Waals surface area contributed by atoms with E-state index >= 15 is 0 Å². The molecule has 1 amide bonds. The van der Waals surface area contributed by atoms with Gasteiger partial charge in [-0.2, -0.15) is 0 Å². The molecular formula is C15H25NO3. The molecule has 0 aromatic rings. The van der Waals surface area contributed by atoms with Crippen LogP contribution in [-0.2, 0) is 9.59 Å². The highest BCUT2D eigenvalue weighted by Crippen LogP contribution is 2.34. The summed E-state index contributed by atoms with van der Waals surface area (Å²) in [4.78, 5) is 25.6. The number of hydrogen-bond donors (Lipinski definition) is 1. The van der Waals surface area contributed by atoms with Crippen LogP contribution in [0.25, 0.3) is 0 Å². The van der Waals surface area contributed by atoms with Crippen molar-refractivity contribution < 1.29 is 14.7 Å². The molecule has 1 saturated carbocycles. The van der Waals surface area contributed by atoms with Gasteiger partial charge in [0.05, 0.1) is 5.92 Å². The van der Waals surface area contributed by atoms with E-state index in [0.717, 1.165) is 38.6 Å². The third kappa shape index (κ3) is 3.28. The summed E-state index contributed by atoms with van der Waals surface area (Å²) in [5.41, 5.74) is 0. The lowest BCUT2D eigenvalue weighted by Crippen LogP contribution is -2.46. The first kappa shape index (κ1) is 14.4. The van der Waals surface area contributed by atoms with Crippen molar-refractivity contribution in [2.75, 3.05) is 6.54 Å². The average molecular weight is 267 g/mol. The van der Waals surface area contributed by atoms with Gasteiger partial charge < -0.3 is 10.0 Å². The zero-order chi connectivity index (χ0) is 13.8. The molecule has 3 unspecified atom stereocenters. The monoisotopic (exact) mass is 267 g/mol. The van der Waals surface area contributed by atoms with Gasteiger partial charge in [0.25, 0.3) is 0 Å². The molecule has 1 aliphatic heterocycles. The molecule has 0 aromatic heterocycles. The van der Waals surface area contributed by atoms with Crippen molar-refractivity contribution in [2.45, 2.75) is 64.3 Å². The van der Waals surface area contributed by atoms with Crippen LogP contribution < -0.4 is 0 Å². The van der Waals surface area contributed by atoms with Crippen molar-refractivity contribution in [3.63, 3.8) is 0 Å². The van der Waals surface area contributed by atoms with E-state index < -0.39 is 5.97 Å². The second-order valence-corrected chi connectivity index (χ2v) is 6.02. The van der Waals surface area contributed by atoms with Crippen LogP contribution in [0, 0.1) is 11.8 Å². The van der Waals surface area contributed by atoms with Crippen molar-refractivity contribution in [3.05, 3.63) is 0 Å². The van der Waals surface area contributed by atoms with E-state index in [9.17, 15) is 9.59 Å². The lowest BCUT2D eigenvalue weighted by atomic mass is 9.95. The molecule has 0 radical (unpaired) electrons. The fourth-order valence-corrected chi connectivity index (χ4v) is 3.59. The zero-order valence-electron chi connectivity index (χ0n) is 11.8. The van der Waals surface area contributed by atoms with E-state index in [1.54, 1.807) is 0 Å². The quantitative estimate of drug-likeness (QED) is 0.852. The summed E-state index contributed by atoms with van der Waals surface area (Å²) < 4.78 is 0. The molecule has 19 heavy (non-hydrogen) atoms. The first-order chi connectivity index (χ1) is 9.13. The number of aliphatic carboxylic acids is 1. The maximum atomic E-state index is 12.6. The summed E-state index contributed by atoms with van der Waals surface area (Å²) >= 11 is 0. The van der Waals surface area contributed by atoms with Gasteiger partial charge in [-0.25, -0.2) is 0 Å². The van der Waals surface area contributed by atoms with Crippen LogP contribution in [0.4, 0.5) is 0 Å². The zero-order valence-corrected chi connectivity index (χ0v) is 11.8. The molecule has 3 atom stereocenters. The molecule has 4 nitrogen and oxygen atoms in total. The van der Waals surface area contributed by atoms with Crippen LogP contribution in [0.1, 0.15) is 58.3 Å². The van der Waals surface area contributed by atoms with Crippen molar-refractivity contribution >= 4 is 11.9 Å². The number of carboxylic acid groups (broad SMARTS) is 1. The van der Waals surface area contributed by atoms with Crippen molar-refractivity contribution in [1.82, 2.24) is 4.90 Å². The largest absolute Gasteiger partial charge is 0.481 e. The highest BCUT2D eigenvalue weighted by molar-refractivity contribution is 5.81. The lowest BCUT2D eigenvalue weighted by molar-refractivity contribution is -0.142. The molecule has 2 aliphatic rings. The summed E-state index contributed by atoms with van der Waals surface area (Å²) in [6.07, 6.45) is 7.59. The van der Waals surface area contributed by atoms with Gasteiger partial charge in [-0.3, -0.25) is 9.59 Å². The summed E-state index contributed by atoms with van der Waals surface area (Å²) in [6.45, 7) is 3.03. The molecular weight excluding hydrogens is 242 g/mol. The fourth-order valence-electron chi connectivity index (χ4n) is 3.59. The standard InChI is InChI=1S/C15H25NO3/c1-2-5-13-6-3-4-9-16(13)14(17)11-7-8-12(10-11)15(18)19/h11-13H,2-10H2,1H3,(H,18,19). The van der Waals surface area contributed by atoms with Crippen LogP contribution in [0.5, 0.6) is 0 Å². The number of piperidine rings is 1. The van der Waals surface area contributed by atoms with E-state index in [4.69, 9.17) is 5.11 Å². The Morgan fingerprint density at radius 1 is 1.16 bits per heavy atom. The SMILES string of the molecule is CCCC1CCCCN1C(=O)C1CCC(C(=O)O)C1. The number of hydrogen-bond acceptors (Lipinski definition) is 2. The van der Waals surface area contributed by atoms with Crippen molar-refractivity contribution in [1.29, 1.82) is 0 Å². The molecule has 0 spiro atoms. The normalized spacial score (nSPS) is 31.4. The van der Waals surface area contributed by atoms with Gasteiger partial charge in [0.1, 0.15) is 0 Å². The summed E-state index contributed by atoms with van der Waals surface area (Å²) in [7, 11) is 0. The van der Waals surface area contributed by atoms with Crippen LogP contribution in [0.2, 0.25) is 0 Å². The number of carboxylic acids is 1. The van der Waals surface area contributed by atoms with Crippen LogP contribution in [0.3, 0.4) is 0 Å². The van der Waals surface area contributed by atoms with Crippen molar-refractivity contribution in [3.8, 4) is 0 Å². The van der Waals surface area contributed by atoms with E-state index in [0.29, 0.717) is 18.9 Å². The molecule has 1 aliphatic carbocycles. The summed E-state index contributed by atoms with van der Waals surface area (Å²) in [6, 6.07) is 0.398. The van der Waals surface area contributed by atoms with Crippen molar-refractivity contribution in [2.24, 2.45) is 11.8 Å². The van der Waals surface area contributed by atoms with Crippen LogP contribution >= 0.6 is 0 Å². The number of rotatable bonds is 4. The van der Waals surface area contributed by atoms with Gasteiger partial charge in [0.2, 0.25) is 5.91 Å². The fraction of sp³-hybridized carbons (Fsp3) is 0.867. The predicted octanol–water partition coefficient (Wildman–Crippen LogP) is 2.67. The van der Waals surface area contributed by atoms with Crippen LogP contribution in [-0.4, -0.2) is 34.5 Å². The Kier molecular flexibility index (Phi) is 4.83. The molecule has 1 heterocycles. The smallest absolute Gasteiger partial charge is 0.306 e.